The fourth-order valence-electron chi connectivity index (χ4n) is 2.86. The molecule has 2 rings (SSSR count). The summed E-state index contributed by atoms with van der Waals surface area (Å²) < 4.78 is 1.02. The Balaban J connectivity index is 2.44. The molecule has 2 aromatic carbocycles. The molecule has 2 aromatic rings. The van der Waals surface area contributed by atoms with Crippen molar-refractivity contribution in [1.82, 2.24) is 4.90 Å². The molecule has 3 heteroatoms. The molecule has 0 saturated carbocycles. The van der Waals surface area contributed by atoms with E-state index in [0.29, 0.717) is 0 Å². The summed E-state index contributed by atoms with van der Waals surface area (Å²) in [6.07, 6.45) is 1.87. The van der Waals surface area contributed by atoms with E-state index in [9.17, 15) is 4.79 Å². The molecule has 0 saturated heterocycles. The van der Waals surface area contributed by atoms with Gasteiger partial charge in [0.1, 0.15) is 0 Å². The van der Waals surface area contributed by atoms with Crippen LogP contribution in [0.1, 0.15) is 27.4 Å². The molecule has 0 aliphatic carbocycles. The highest BCUT2D eigenvalue weighted by molar-refractivity contribution is 9.10. The molecule has 0 fully saturated rings. The topological polar surface area (TPSA) is 20.3 Å². The van der Waals surface area contributed by atoms with Crippen molar-refractivity contribution in [3.63, 3.8) is 0 Å². The number of rotatable bonds is 6. The van der Waals surface area contributed by atoms with Gasteiger partial charge in [0.05, 0.1) is 6.04 Å². The number of benzene rings is 2. The van der Waals surface area contributed by atoms with Crippen molar-refractivity contribution in [3.8, 4) is 0 Å². The van der Waals surface area contributed by atoms with Crippen LogP contribution < -0.4 is 0 Å². The zero-order valence-corrected chi connectivity index (χ0v) is 15.4. The van der Waals surface area contributed by atoms with Gasteiger partial charge in [-0.15, -0.1) is 6.58 Å². The number of hydrogen-bond donors (Lipinski definition) is 0. The van der Waals surface area contributed by atoms with Crippen molar-refractivity contribution in [2.45, 2.75) is 18.9 Å². The number of hydrogen-bond acceptors (Lipinski definition) is 2. The van der Waals surface area contributed by atoms with Crippen LogP contribution in [0.3, 0.4) is 0 Å². The molecule has 0 spiro atoms. The maximum atomic E-state index is 13.1. The number of aryl methyl sites for hydroxylation is 1. The minimum atomic E-state index is -0.283. The van der Waals surface area contributed by atoms with Gasteiger partial charge in [0.25, 0.3) is 0 Å². The van der Waals surface area contributed by atoms with Crippen LogP contribution >= 0.6 is 15.9 Å². The largest absolute Gasteiger partial charge is 0.299 e. The summed E-state index contributed by atoms with van der Waals surface area (Å²) in [5.41, 5.74) is 2.86. The fraction of sp³-hybridized carbons (Fsp3) is 0.250. The lowest BCUT2D eigenvalue weighted by Crippen LogP contribution is -2.40. The number of carbonyl (C=O) groups is 1. The second kappa shape index (κ2) is 7.71. The lowest BCUT2D eigenvalue weighted by molar-refractivity contribution is 0.0861. The second-order valence-electron chi connectivity index (χ2n) is 5.90. The summed E-state index contributed by atoms with van der Waals surface area (Å²) in [7, 11) is 3.88. The predicted molar refractivity (Wildman–Crippen MR) is 100 cm³/mol. The van der Waals surface area contributed by atoms with Crippen LogP contribution in [0.15, 0.2) is 65.7 Å². The molecule has 2 atom stereocenters. The molecule has 23 heavy (non-hydrogen) atoms. The van der Waals surface area contributed by atoms with E-state index in [1.807, 2.05) is 80.5 Å². The Morgan fingerprint density at radius 2 is 1.74 bits per heavy atom. The molecule has 0 aliphatic heterocycles. The molecule has 2 nitrogen and oxygen atoms in total. The van der Waals surface area contributed by atoms with Crippen molar-refractivity contribution in [1.29, 1.82) is 0 Å². The summed E-state index contributed by atoms with van der Waals surface area (Å²) in [6.45, 7) is 5.95. The van der Waals surface area contributed by atoms with E-state index in [4.69, 9.17) is 0 Å². The Bertz CT molecular complexity index is 691. The Labute approximate surface area is 147 Å². The van der Waals surface area contributed by atoms with Crippen molar-refractivity contribution < 1.29 is 4.79 Å². The minimum absolute atomic E-state index is 0.0646. The van der Waals surface area contributed by atoms with Crippen molar-refractivity contribution in [2.75, 3.05) is 14.1 Å². The van der Waals surface area contributed by atoms with Gasteiger partial charge in [0.15, 0.2) is 5.78 Å². The van der Waals surface area contributed by atoms with Gasteiger partial charge in [-0.2, -0.15) is 0 Å². The van der Waals surface area contributed by atoms with Crippen molar-refractivity contribution in [2.24, 2.45) is 0 Å². The Hall–Kier alpha value is -1.71. The first-order chi connectivity index (χ1) is 11.0. The first-order valence-electron chi connectivity index (χ1n) is 7.60. The summed E-state index contributed by atoms with van der Waals surface area (Å²) in [5, 5.41) is 0. The van der Waals surface area contributed by atoms with E-state index < -0.39 is 0 Å². The first kappa shape index (κ1) is 17.6. The van der Waals surface area contributed by atoms with Crippen LogP contribution in [0.4, 0.5) is 0 Å². The molecule has 0 unspecified atom stereocenters. The normalized spacial score (nSPS) is 13.6. The number of likely N-dealkylation sites (N-methyl/N-ethyl adjacent to an activating group) is 1. The second-order valence-corrected chi connectivity index (χ2v) is 6.82. The van der Waals surface area contributed by atoms with E-state index in [1.54, 1.807) is 0 Å². The lowest BCUT2D eigenvalue weighted by Gasteiger charge is -2.30. The van der Waals surface area contributed by atoms with Crippen molar-refractivity contribution >= 4 is 21.7 Å². The summed E-state index contributed by atoms with van der Waals surface area (Å²) >= 11 is 3.45. The standard InChI is InChI=1S/C20H22BrNO/c1-5-17(15-10-12-16(21)13-11-15)19(22(3)4)20(23)18-9-7-6-8-14(18)2/h5-13,17,19H,1H2,2-4H3/t17-,19+/m1/s1. The van der Waals surface area contributed by atoms with E-state index >= 15 is 0 Å². The number of carbonyl (C=O) groups excluding carboxylic acids is 1. The van der Waals surface area contributed by atoms with E-state index in [1.165, 1.54) is 0 Å². The van der Waals surface area contributed by atoms with Gasteiger partial charge in [-0.3, -0.25) is 9.69 Å². The van der Waals surface area contributed by atoms with Gasteiger partial charge in [-0.25, -0.2) is 0 Å². The molecular formula is C20H22BrNO. The molecule has 0 aromatic heterocycles. The van der Waals surface area contributed by atoms with Gasteiger partial charge in [-0.1, -0.05) is 58.4 Å². The maximum absolute atomic E-state index is 13.1. The highest BCUT2D eigenvalue weighted by Gasteiger charge is 2.30. The third-order valence-corrected chi connectivity index (χ3v) is 4.61. The fourth-order valence-corrected chi connectivity index (χ4v) is 3.12. The van der Waals surface area contributed by atoms with E-state index in [-0.39, 0.29) is 17.7 Å². The third-order valence-electron chi connectivity index (χ3n) is 4.08. The van der Waals surface area contributed by atoms with E-state index in [2.05, 4.69) is 22.5 Å². The van der Waals surface area contributed by atoms with Gasteiger partial charge in [0, 0.05) is 16.0 Å². The molecule has 0 aliphatic rings. The SMILES string of the molecule is C=C[C@H](c1ccc(Br)cc1)[C@@H](C(=O)c1ccccc1C)N(C)C. The van der Waals surface area contributed by atoms with Gasteiger partial charge < -0.3 is 0 Å². The summed E-state index contributed by atoms with van der Waals surface area (Å²) in [5.74, 6) is 0.0612. The van der Waals surface area contributed by atoms with Crippen LogP contribution in [0.5, 0.6) is 0 Å². The first-order valence-corrected chi connectivity index (χ1v) is 8.39. The Morgan fingerprint density at radius 1 is 1.13 bits per heavy atom. The Morgan fingerprint density at radius 3 is 2.26 bits per heavy atom. The zero-order chi connectivity index (χ0) is 17.0. The zero-order valence-electron chi connectivity index (χ0n) is 13.8. The average Bonchev–Trinajstić information content (AvgIpc) is 2.53. The molecule has 120 valence electrons. The minimum Gasteiger partial charge on any atom is -0.299 e. The van der Waals surface area contributed by atoms with Crippen LogP contribution in [-0.4, -0.2) is 30.8 Å². The van der Waals surface area contributed by atoms with Crippen LogP contribution in [0.2, 0.25) is 0 Å². The van der Waals surface area contributed by atoms with Crippen LogP contribution in [0, 0.1) is 6.92 Å². The lowest BCUT2D eigenvalue weighted by atomic mass is 9.85. The van der Waals surface area contributed by atoms with Crippen LogP contribution in [0.25, 0.3) is 0 Å². The van der Waals surface area contributed by atoms with Gasteiger partial charge in [-0.05, 0) is 44.3 Å². The van der Waals surface area contributed by atoms with E-state index in [0.717, 1.165) is 21.2 Å². The molecule has 0 heterocycles. The Kier molecular flexibility index (Phi) is 5.91. The number of ketones is 1. The number of nitrogens with zero attached hydrogens (tertiary/aromatic N) is 1. The van der Waals surface area contributed by atoms with Crippen LogP contribution in [-0.2, 0) is 0 Å². The third kappa shape index (κ3) is 3.98. The quantitative estimate of drug-likeness (QED) is 0.534. The molecule has 0 N–H and O–H groups in total. The monoisotopic (exact) mass is 371 g/mol. The maximum Gasteiger partial charge on any atom is 0.181 e. The molecule has 0 amide bonds. The van der Waals surface area contributed by atoms with Gasteiger partial charge >= 0.3 is 0 Å². The highest BCUT2D eigenvalue weighted by atomic mass is 79.9. The number of Topliss-reactive ketones (excluding diaryl/α,β-unsaturated/α-hetero) is 1. The number of halogens is 1. The van der Waals surface area contributed by atoms with Gasteiger partial charge in [0.2, 0.25) is 0 Å². The molecule has 0 radical (unpaired) electrons. The predicted octanol–water partition coefficient (Wildman–Crippen LogP) is 4.84. The smallest absolute Gasteiger partial charge is 0.181 e. The molecule has 0 bridgehead atoms. The van der Waals surface area contributed by atoms with Crippen molar-refractivity contribution in [3.05, 3.63) is 82.3 Å². The highest BCUT2D eigenvalue weighted by Crippen LogP contribution is 2.28. The summed E-state index contributed by atoms with van der Waals surface area (Å²) in [6, 6.07) is 15.5. The summed E-state index contributed by atoms with van der Waals surface area (Å²) in [4.78, 5) is 15.1. The molecular weight excluding hydrogens is 350 g/mol. The average molecular weight is 372 g/mol.